The van der Waals surface area contributed by atoms with E-state index in [1.807, 2.05) is 0 Å². The molecule has 0 bridgehead atoms. The van der Waals surface area contributed by atoms with E-state index in [0.29, 0.717) is 16.1 Å². The van der Waals surface area contributed by atoms with Crippen LogP contribution >= 0.6 is 11.6 Å². The van der Waals surface area contributed by atoms with E-state index in [0.717, 1.165) is 0 Å². The first-order valence-electron chi connectivity index (χ1n) is 11.2. The lowest BCUT2D eigenvalue weighted by Gasteiger charge is -2.54. The number of amides is 4. The quantitative estimate of drug-likeness (QED) is 0.605. The summed E-state index contributed by atoms with van der Waals surface area (Å²) in [5.41, 5.74) is 1.32. The lowest BCUT2D eigenvalue weighted by atomic mass is 10.0. The molecule has 0 unspecified atom stereocenters. The van der Waals surface area contributed by atoms with Gasteiger partial charge in [-0.05, 0) is 29.3 Å². The second kappa shape index (κ2) is 10.5. The summed E-state index contributed by atoms with van der Waals surface area (Å²) in [6.45, 7) is -0.0680. The minimum atomic E-state index is -1.28. The van der Waals surface area contributed by atoms with Crippen LogP contribution in [0.5, 0.6) is 0 Å². The Balaban J connectivity index is 1.62. The molecule has 10 nitrogen and oxygen atoms in total. The molecule has 2 aromatic rings. The van der Waals surface area contributed by atoms with Gasteiger partial charge in [-0.15, -0.1) is 0 Å². The van der Waals surface area contributed by atoms with Crippen LogP contribution in [0, 0.1) is 5.82 Å². The second-order valence-electron chi connectivity index (χ2n) is 8.65. The number of aliphatic carboxylic acids is 1. The Bertz CT molecular complexity index is 1180. The first-order valence-corrected chi connectivity index (χ1v) is 11.6. The zero-order chi connectivity index (χ0) is 26.0. The van der Waals surface area contributed by atoms with Crippen molar-refractivity contribution >= 4 is 35.4 Å². The van der Waals surface area contributed by atoms with Crippen LogP contribution in [0.4, 0.5) is 9.18 Å². The van der Waals surface area contributed by atoms with Crippen LogP contribution in [0.25, 0.3) is 0 Å². The summed E-state index contributed by atoms with van der Waals surface area (Å²) in [6, 6.07) is 10.8. The number of nitrogens with zero attached hydrogens (tertiary/aromatic N) is 4. The standard InChI is InChI=1S/C24H25ClFN5O5/c1-28-14-21(32)30-19(10-22(33)34)23(35)29(12-16-4-2-3-5-18(16)25)13-20(30)31(28)24(36)27-11-15-6-8-17(26)9-7-15/h2-9,19-20H,10-14H2,1H3,(H,27,36)(H,33,34)/t19-,20-/m0/s1. The Morgan fingerprint density at radius 2 is 1.83 bits per heavy atom. The van der Waals surface area contributed by atoms with Gasteiger partial charge < -0.3 is 20.2 Å². The predicted molar refractivity (Wildman–Crippen MR) is 127 cm³/mol. The smallest absolute Gasteiger partial charge is 0.334 e. The number of carbonyl (C=O) groups excluding carboxylic acids is 3. The van der Waals surface area contributed by atoms with Crippen LogP contribution in [-0.2, 0) is 27.5 Å². The molecule has 2 N–H and O–H groups in total. The highest BCUT2D eigenvalue weighted by Crippen LogP contribution is 2.29. The van der Waals surface area contributed by atoms with Crippen molar-refractivity contribution in [3.05, 3.63) is 70.5 Å². The van der Waals surface area contributed by atoms with Gasteiger partial charge in [-0.3, -0.25) is 14.4 Å². The fraction of sp³-hybridized carbons (Fsp3) is 0.333. The van der Waals surface area contributed by atoms with Crippen molar-refractivity contribution in [1.29, 1.82) is 0 Å². The molecule has 2 fully saturated rings. The van der Waals surface area contributed by atoms with Gasteiger partial charge in [0.1, 0.15) is 18.0 Å². The average molecular weight is 518 g/mol. The van der Waals surface area contributed by atoms with Crippen LogP contribution < -0.4 is 5.32 Å². The minimum Gasteiger partial charge on any atom is -0.481 e. The summed E-state index contributed by atoms with van der Waals surface area (Å²) < 4.78 is 13.2. The highest BCUT2D eigenvalue weighted by atomic mass is 35.5. The molecular formula is C24H25ClFN5O5. The highest BCUT2D eigenvalue weighted by molar-refractivity contribution is 6.31. The van der Waals surface area contributed by atoms with Crippen molar-refractivity contribution in [1.82, 2.24) is 25.1 Å². The van der Waals surface area contributed by atoms with E-state index in [1.165, 1.54) is 32.0 Å². The molecule has 190 valence electrons. The van der Waals surface area contributed by atoms with E-state index in [-0.39, 0.29) is 26.2 Å². The molecule has 2 aliphatic heterocycles. The summed E-state index contributed by atoms with van der Waals surface area (Å²) in [7, 11) is 1.56. The van der Waals surface area contributed by atoms with Gasteiger partial charge in [-0.25, -0.2) is 19.2 Å². The maximum atomic E-state index is 13.3. The Hall–Kier alpha value is -3.70. The van der Waals surface area contributed by atoms with Gasteiger partial charge in [0.05, 0.1) is 19.5 Å². The molecule has 0 aromatic heterocycles. The van der Waals surface area contributed by atoms with Crippen LogP contribution in [0.1, 0.15) is 17.5 Å². The molecule has 12 heteroatoms. The number of urea groups is 1. The number of rotatable bonds is 6. The molecular weight excluding hydrogens is 493 g/mol. The van der Waals surface area contributed by atoms with Crippen molar-refractivity contribution in [2.45, 2.75) is 31.7 Å². The van der Waals surface area contributed by atoms with E-state index in [1.54, 1.807) is 43.4 Å². The van der Waals surface area contributed by atoms with Crippen molar-refractivity contribution in [3.63, 3.8) is 0 Å². The van der Waals surface area contributed by atoms with Crippen molar-refractivity contribution < 1.29 is 28.7 Å². The normalized spacial score (nSPS) is 20.4. The van der Waals surface area contributed by atoms with Crippen molar-refractivity contribution in [3.8, 4) is 0 Å². The van der Waals surface area contributed by atoms with E-state index >= 15 is 0 Å². The molecule has 2 saturated heterocycles. The molecule has 0 aliphatic carbocycles. The Kier molecular flexibility index (Phi) is 7.41. The van der Waals surface area contributed by atoms with E-state index < -0.39 is 48.3 Å². The number of fused-ring (bicyclic) bond motifs is 1. The van der Waals surface area contributed by atoms with Gasteiger partial charge in [0.15, 0.2) is 0 Å². The fourth-order valence-corrected chi connectivity index (χ4v) is 4.70. The summed E-state index contributed by atoms with van der Waals surface area (Å²) in [5, 5.41) is 15.4. The summed E-state index contributed by atoms with van der Waals surface area (Å²) in [5.74, 6) is -2.63. The Labute approximate surface area is 211 Å². The molecule has 4 amide bonds. The number of carboxylic acids is 1. The van der Waals surface area contributed by atoms with Gasteiger partial charge in [0.2, 0.25) is 11.8 Å². The number of piperazine rings is 1. The number of carboxylic acid groups (broad SMARTS) is 1. The van der Waals surface area contributed by atoms with E-state index in [4.69, 9.17) is 11.6 Å². The van der Waals surface area contributed by atoms with Gasteiger partial charge in [-0.1, -0.05) is 41.9 Å². The molecule has 0 spiro atoms. The van der Waals surface area contributed by atoms with Gasteiger partial charge in [0.25, 0.3) is 0 Å². The number of benzene rings is 2. The number of nitrogens with one attached hydrogen (secondary N) is 1. The molecule has 0 saturated carbocycles. The number of halogens is 2. The van der Waals surface area contributed by atoms with Gasteiger partial charge >= 0.3 is 12.0 Å². The van der Waals surface area contributed by atoms with Crippen LogP contribution in [0.2, 0.25) is 5.02 Å². The minimum absolute atomic E-state index is 0.0414. The maximum absolute atomic E-state index is 13.3. The lowest BCUT2D eigenvalue weighted by molar-refractivity contribution is -0.189. The third-order valence-electron chi connectivity index (χ3n) is 6.19. The van der Waals surface area contributed by atoms with Crippen LogP contribution in [0.15, 0.2) is 48.5 Å². The Morgan fingerprint density at radius 3 is 2.50 bits per heavy atom. The largest absolute Gasteiger partial charge is 0.481 e. The van der Waals surface area contributed by atoms with Gasteiger partial charge in [-0.2, -0.15) is 0 Å². The Morgan fingerprint density at radius 1 is 1.14 bits per heavy atom. The fourth-order valence-electron chi connectivity index (χ4n) is 4.51. The van der Waals surface area contributed by atoms with E-state index in [9.17, 15) is 28.7 Å². The zero-order valence-electron chi connectivity index (χ0n) is 19.4. The third-order valence-corrected chi connectivity index (χ3v) is 6.56. The van der Waals surface area contributed by atoms with E-state index in [2.05, 4.69) is 5.32 Å². The first kappa shape index (κ1) is 25.4. The molecule has 2 aliphatic rings. The van der Waals surface area contributed by atoms with Crippen molar-refractivity contribution in [2.24, 2.45) is 0 Å². The summed E-state index contributed by atoms with van der Waals surface area (Å²) >= 11 is 6.28. The SMILES string of the molecule is CN1CC(=O)N2[C@@H](CC(=O)O)C(=O)N(Cc3ccccc3Cl)C[C@@H]2N1C(=O)NCc1ccc(F)cc1. The molecule has 2 atom stereocenters. The monoisotopic (exact) mass is 517 g/mol. The molecule has 4 rings (SSSR count). The van der Waals surface area contributed by atoms with Crippen LogP contribution in [0.3, 0.4) is 0 Å². The topological polar surface area (TPSA) is 114 Å². The van der Waals surface area contributed by atoms with Gasteiger partial charge in [0, 0.05) is 25.2 Å². The number of carbonyl (C=O) groups is 4. The summed E-state index contributed by atoms with van der Waals surface area (Å²) in [4.78, 5) is 53.8. The maximum Gasteiger partial charge on any atom is 0.334 e. The number of hydrazine groups is 1. The number of hydrogen-bond acceptors (Lipinski definition) is 5. The zero-order valence-corrected chi connectivity index (χ0v) is 20.2. The predicted octanol–water partition coefficient (Wildman–Crippen LogP) is 1.89. The lowest BCUT2D eigenvalue weighted by Crippen LogP contribution is -2.76. The summed E-state index contributed by atoms with van der Waals surface area (Å²) in [6.07, 6.45) is -1.54. The molecule has 36 heavy (non-hydrogen) atoms. The molecule has 0 radical (unpaired) electrons. The molecule has 2 heterocycles. The highest BCUT2D eigenvalue weighted by Gasteiger charge is 2.51. The van der Waals surface area contributed by atoms with Crippen LogP contribution in [-0.4, -0.2) is 81.1 Å². The number of hydrogen-bond donors (Lipinski definition) is 2. The second-order valence-corrected chi connectivity index (χ2v) is 9.06. The first-order chi connectivity index (χ1) is 17.2. The van der Waals surface area contributed by atoms with Crippen molar-refractivity contribution in [2.75, 3.05) is 20.1 Å². The third kappa shape index (κ3) is 5.26. The molecule has 2 aromatic carbocycles. The number of likely N-dealkylation sites (N-methyl/N-ethyl adjacent to an activating group) is 1. The average Bonchev–Trinajstić information content (AvgIpc) is 2.82.